The third-order valence-corrected chi connectivity index (χ3v) is 4.45. The van der Waals surface area contributed by atoms with Crippen molar-refractivity contribution in [1.82, 2.24) is 0 Å². The summed E-state index contributed by atoms with van der Waals surface area (Å²) in [5.41, 5.74) is 1.60. The number of oxime groups is 1. The van der Waals surface area contributed by atoms with Gasteiger partial charge in [-0.05, 0) is 43.0 Å². The van der Waals surface area contributed by atoms with Crippen LogP contribution < -0.4 is 0 Å². The Bertz CT molecular complexity index is 840. The van der Waals surface area contributed by atoms with Gasteiger partial charge in [-0.25, -0.2) is 4.79 Å². The van der Waals surface area contributed by atoms with E-state index in [1.54, 1.807) is 20.1 Å². The molecule has 0 spiro atoms. The summed E-state index contributed by atoms with van der Waals surface area (Å²) in [6, 6.07) is 2.52. The van der Waals surface area contributed by atoms with Gasteiger partial charge >= 0.3 is 5.97 Å². The van der Waals surface area contributed by atoms with Crippen molar-refractivity contribution in [1.29, 1.82) is 0 Å². The number of benzene rings is 1. The van der Waals surface area contributed by atoms with Crippen molar-refractivity contribution < 1.29 is 29.3 Å². The second kappa shape index (κ2) is 11.8. The highest BCUT2D eigenvalue weighted by Gasteiger charge is 2.23. The Morgan fingerprint density at radius 1 is 1.23 bits per heavy atom. The lowest BCUT2D eigenvalue weighted by molar-refractivity contribution is 0.0375. The second-order valence-corrected chi connectivity index (χ2v) is 7.01. The molecule has 0 bridgehead atoms. The molecule has 1 aliphatic rings. The highest BCUT2D eigenvalue weighted by molar-refractivity contribution is 6.00. The van der Waals surface area contributed by atoms with Gasteiger partial charge in [0.15, 0.2) is 0 Å². The number of phenolic OH excluding ortho intramolecular Hbond substituents is 2. The van der Waals surface area contributed by atoms with Crippen molar-refractivity contribution in [2.24, 2.45) is 5.16 Å². The number of ether oxygens (including phenoxy) is 2. The Labute approximate surface area is 177 Å². The lowest BCUT2D eigenvalue weighted by atomic mass is 9.99. The summed E-state index contributed by atoms with van der Waals surface area (Å²) in [6.07, 6.45) is 9.50. The van der Waals surface area contributed by atoms with E-state index in [1.807, 2.05) is 18.2 Å². The maximum atomic E-state index is 12.9. The lowest BCUT2D eigenvalue weighted by Gasteiger charge is -2.19. The first kappa shape index (κ1) is 23.2. The number of allylic oxidation sites excluding steroid dienone is 3. The van der Waals surface area contributed by atoms with E-state index >= 15 is 0 Å². The van der Waals surface area contributed by atoms with Crippen molar-refractivity contribution in [3.8, 4) is 11.5 Å². The minimum Gasteiger partial charge on any atom is -0.508 e. The van der Waals surface area contributed by atoms with Gasteiger partial charge in [-0.2, -0.15) is 0 Å². The molecule has 0 radical (unpaired) electrons. The zero-order valence-corrected chi connectivity index (χ0v) is 17.5. The smallest absolute Gasteiger partial charge is 0.342 e. The number of esters is 1. The molecule has 0 amide bonds. The summed E-state index contributed by atoms with van der Waals surface area (Å²) in [6.45, 7) is 6.35. The maximum Gasteiger partial charge on any atom is 0.342 e. The van der Waals surface area contributed by atoms with Gasteiger partial charge in [0.05, 0.1) is 12.3 Å². The summed E-state index contributed by atoms with van der Waals surface area (Å²) in [7, 11) is 1.57. The molecule has 1 atom stereocenters. The SMILES string of the molecule is C=C(C)[C@@H]1C/C=C/CC/C=C/C(=N\OCCOC)Cc2cc(O)cc(O)c2C(=O)O1. The van der Waals surface area contributed by atoms with Gasteiger partial charge in [0.1, 0.15) is 29.8 Å². The second-order valence-electron chi connectivity index (χ2n) is 7.01. The van der Waals surface area contributed by atoms with Crippen LogP contribution in [0.2, 0.25) is 0 Å². The first-order valence-corrected chi connectivity index (χ1v) is 9.83. The Balaban J connectivity index is 2.44. The fourth-order valence-electron chi connectivity index (χ4n) is 2.90. The van der Waals surface area contributed by atoms with Crippen LogP contribution in [0.4, 0.5) is 0 Å². The molecule has 7 nitrogen and oxygen atoms in total. The van der Waals surface area contributed by atoms with Crippen LogP contribution in [0.1, 0.15) is 42.1 Å². The highest BCUT2D eigenvalue weighted by atomic mass is 16.6. The molecule has 0 fully saturated rings. The molecule has 1 heterocycles. The topological polar surface area (TPSA) is 97.6 Å². The van der Waals surface area contributed by atoms with Gasteiger partial charge in [0.2, 0.25) is 0 Å². The van der Waals surface area contributed by atoms with Gasteiger partial charge in [-0.15, -0.1) is 0 Å². The van der Waals surface area contributed by atoms with Crippen LogP contribution in [0.3, 0.4) is 0 Å². The molecular weight excluding hydrogens is 386 g/mol. The van der Waals surface area contributed by atoms with Crippen LogP contribution in [-0.2, 0) is 20.7 Å². The number of hydrogen-bond donors (Lipinski definition) is 2. The fraction of sp³-hybridized carbons (Fsp3) is 0.391. The van der Waals surface area contributed by atoms with E-state index in [2.05, 4.69) is 11.7 Å². The molecule has 2 N–H and O–H groups in total. The first-order valence-electron chi connectivity index (χ1n) is 9.83. The van der Waals surface area contributed by atoms with E-state index in [4.69, 9.17) is 14.3 Å². The van der Waals surface area contributed by atoms with Crippen LogP contribution in [0.25, 0.3) is 0 Å². The normalized spacial score (nSPS) is 21.2. The predicted molar refractivity (Wildman–Crippen MR) is 115 cm³/mol. The molecule has 0 saturated carbocycles. The molecule has 0 unspecified atom stereocenters. The van der Waals surface area contributed by atoms with E-state index in [0.29, 0.717) is 29.9 Å². The number of hydrogen-bond acceptors (Lipinski definition) is 7. The molecule has 0 aliphatic carbocycles. The molecule has 1 aromatic carbocycles. The molecule has 1 aromatic rings. The number of methoxy groups -OCH3 is 1. The Morgan fingerprint density at radius 2 is 2.00 bits per heavy atom. The van der Waals surface area contributed by atoms with E-state index in [1.165, 1.54) is 6.07 Å². The van der Waals surface area contributed by atoms with Crippen LogP contribution in [-0.4, -0.2) is 48.3 Å². The number of aromatic hydroxyl groups is 2. The number of fused-ring (bicyclic) bond motifs is 1. The predicted octanol–water partition coefficient (Wildman–Crippen LogP) is 4.06. The van der Waals surface area contributed by atoms with Crippen molar-refractivity contribution in [2.75, 3.05) is 20.3 Å². The zero-order valence-electron chi connectivity index (χ0n) is 17.5. The zero-order chi connectivity index (χ0) is 21.9. The van der Waals surface area contributed by atoms with Gasteiger partial charge in [-0.3, -0.25) is 0 Å². The monoisotopic (exact) mass is 415 g/mol. The van der Waals surface area contributed by atoms with E-state index in [-0.39, 0.29) is 30.1 Å². The van der Waals surface area contributed by atoms with Crippen LogP contribution >= 0.6 is 0 Å². The van der Waals surface area contributed by atoms with Gasteiger partial charge in [0.25, 0.3) is 0 Å². The summed E-state index contributed by atoms with van der Waals surface area (Å²) in [5.74, 6) is -1.21. The largest absolute Gasteiger partial charge is 0.508 e. The van der Waals surface area contributed by atoms with Crippen molar-refractivity contribution in [3.05, 3.63) is 59.7 Å². The van der Waals surface area contributed by atoms with Crippen molar-refractivity contribution >= 4 is 11.7 Å². The molecule has 7 heteroatoms. The van der Waals surface area contributed by atoms with Crippen LogP contribution in [0.15, 0.2) is 53.7 Å². The first-order chi connectivity index (χ1) is 14.4. The van der Waals surface area contributed by atoms with Gasteiger partial charge < -0.3 is 24.5 Å². The van der Waals surface area contributed by atoms with Crippen LogP contribution in [0.5, 0.6) is 11.5 Å². The molecule has 30 heavy (non-hydrogen) atoms. The molecule has 0 aromatic heterocycles. The molecule has 2 rings (SSSR count). The van der Waals surface area contributed by atoms with Gasteiger partial charge in [-0.1, -0.05) is 30.0 Å². The Hall–Kier alpha value is -3.06. The fourth-order valence-corrected chi connectivity index (χ4v) is 2.90. The minimum absolute atomic E-state index is 0.0157. The van der Waals surface area contributed by atoms with Crippen molar-refractivity contribution in [3.63, 3.8) is 0 Å². The summed E-state index contributed by atoms with van der Waals surface area (Å²) < 4.78 is 10.6. The summed E-state index contributed by atoms with van der Waals surface area (Å²) in [4.78, 5) is 18.2. The average Bonchev–Trinajstić information content (AvgIpc) is 2.68. The van der Waals surface area contributed by atoms with Crippen LogP contribution in [0, 0.1) is 0 Å². The van der Waals surface area contributed by atoms with Gasteiger partial charge in [0, 0.05) is 26.0 Å². The number of cyclic esters (lactones) is 1. The molecule has 0 saturated heterocycles. The summed E-state index contributed by atoms with van der Waals surface area (Å²) in [5, 5.41) is 24.4. The quantitative estimate of drug-likeness (QED) is 0.326. The number of carbonyl (C=O) groups is 1. The summed E-state index contributed by atoms with van der Waals surface area (Å²) >= 11 is 0. The number of phenols is 2. The molecular formula is C23H29NO6. The Morgan fingerprint density at radius 3 is 2.73 bits per heavy atom. The molecule has 1 aliphatic heterocycles. The van der Waals surface area contributed by atoms with Crippen molar-refractivity contribution in [2.45, 2.75) is 38.7 Å². The average molecular weight is 415 g/mol. The Kier molecular flexibility index (Phi) is 9.15. The highest BCUT2D eigenvalue weighted by Crippen LogP contribution is 2.30. The number of rotatable bonds is 5. The number of carbonyl (C=O) groups excluding carboxylic acids is 1. The number of nitrogens with zero attached hydrogens (tertiary/aromatic N) is 1. The third-order valence-electron chi connectivity index (χ3n) is 4.45. The third kappa shape index (κ3) is 7.08. The lowest BCUT2D eigenvalue weighted by Crippen LogP contribution is -2.20. The van der Waals surface area contributed by atoms with E-state index in [9.17, 15) is 15.0 Å². The molecule has 162 valence electrons. The minimum atomic E-state index is -0.690. The maximum absolute atomic E-state index is 12.9. The van der Waals surface area contributed by atoms with E-state index in [0.717, 1.165) is 18.9 Å². The standard InChI is InChI=1S/C23H29NO6/c1-16(2)21-10-8-6-4-5-7-9-18(24-29-12-11-28-3)13-17-14-19(25)15-20(26)22(17)23(27)30-21/h6-9,14-15,21,25-26H,1,4-5,10-13H2,2-3H3/b8-6+,9-7+,24-18+/t21-/m0/s1. The van der Waals surface area contributed by atoms with E-state index < -0.39 is 12.1 Å².